The van der Waals surface area contributed by atoms with Crippen LogP contribution in [0.1, 0.15) is 238 Å². The van der Waals surface area contributed by atoms with Gasteiger partial charge in [-0.05, 0) is 234 Å². The van der Waals surface area contributed by atoms with E-state index in [-0.39, 0.29) is 0 Å². The van der Waals surface area contributed by atoms with Crippen LogP contribution in [0.25, 0.3) is 0 Å². The van der Waals surface area contributed by atoms with Crippen LogP contribution < -0.4 is 0 Å². The van der Waals surface area contributed by atoms with Crippen LogP contribution in [0.2, 0.25) is 0 Å². The average Bonchev–Trinajstić information content (AvgIpc) is 3.30. The smallest absolute Gasteiger partial charge is 0.0200 e. The molecule has 11 fully saturated rings. The molecular formula is C58H94. The van der Waals surface area contributed by atoms with Crippen molar-refractivity contribution in [2.24, 2.45) is 112 Å². The van der Waals surface area contributed by atoms with Gasteiger partial charge in [0, 0.05) is 0 Å². The molecule has 11 rings (SSSR count). The van der Waals surface area contributed by atoms with E-state index in [0.29, 0.717) is 0 Å². The van der Waals surface area contributed by atoms with Crippen LogP contribution >= 0.6 is 0 Å². The Labute approximate surface area is 360 Å². The van der Waals surface area contributed by atoms with Gasteiger partial charge in [-0.3, -0.25) is 0 Å². The summed E-state index contributed by atoms with van der Waals surface area (Å²) in [6.45, 7) is 0. The summed E-state index contributed by atoms with van der Waals surface area (Å²) < 4.78 is 0. The zero-order chi connectivity index (χ0) is 38.4. The molecular weight excluding hydrogens is 697 g/mol. The van der Waals surface area contributed by atoms with Crippen molar-refractivity contribution < 1.29 is 0 Å². The maximum atomic E-state index is 3.03. The van der Waals surface area contributed by atoms with Crippen LogP contribution in [0.3, 0.4) is 0 Å². The maximum Gasteiger partial charge on any atom is -0.0200 e. The Kier molecular flexibility index (Phi) is 12.9. The largest absolute Gasteiger partial charge is 0.0817 e. The Morgan fingerprint density at radius 2 is 0.569 bits per heavy atom. The van der Waals surface area contributed by atoms with E-state index in [0.717, 1.165) is 112 Å². The van der Waals surface area contributed by atoms with E-state index in [9.17, 15) is 0 Å². The van der Waals surface area contributed by atoms with Gasteiger partial charge in [-0.1, -0.05) is 127 Å². The van der Waals surface area contributed by atoms with Crippen molar-refractivity contribution in [1.29, 1.82) is 0 Å². The maximum absolute atomic E-state index is 3.03. The molecule has 11 aliphatic carbocycles. The first kappa shape index (κ1) is 40.5. The molecule has 0 spiro atoms. The fourth-order valence-electron chi connectivity index (χ4n) is 21.1. The standard InChI is InChI=1S/C58H94/c1-3-18-41(19-4-1)54(42-20-5-2-6-21-42)37-39-31-33-43(34-32-39)55-46-23-9-13-27-50(46)57(51-28-14-10-24-47(51)55)58-52-29-15-11-25-48(52)56(49-26-12-16-30-53(49)58)45-36-35-40-17-7-8-22-44(40)38-45/h37,39-53,55-58H,1-36,38H2. The molecule has 0 aliphatic heterocycles. The lowest BCUT2D eigenvalue weighted by molar-refractivity contribution is -0.175. The van der Waals surface area contributed by atoms with Crippen molar-refractivity contribution in [3.8, 4) is 0 Å². The fourth-order valence-corrected chi connectivity index (χ4v) is 21.1. The van der Waals surface area contributed by atoms with Gasteiger partial charge in [0.05, 0.1) is 0 Å². The highest BCUT2D eigenvalue weighted by Gasteiger charge is 2.61. The molecule has 58 heavy (non-hydrogen) atoms. The van der Waals surface area contributed by atoms with Crippen LogP contribution in [0.15, 0.2) is 11.6 Å². The highest BCUT2D eigenvalue weighted by molar-refractivity contribution is 5.16. The van der Waals surface area contributed by atoms with Gasteiger partial charge in [0.2, 0.25) is 0 Å². The summed E-state index contributed by atoms with van der Waals surface area (Å²) in [5, 5.41) is 0. The highest BCUT2D eigenvalue weighted by atomic mass is 14.7. The minimum absolute atomic E-state index is 0.922. The van der Waals surface area contributed by atoms with Crippen molar-refractivity contribution in [2.75, 3.05) is 0 Å². The molecule has 0 N–H and O–H groups in total. The lowest BCUT2D eigenvalue weighted by Gasteiger charge is -2.66. The summed E-state index contributed by atoms with van der Waals surface area (Å²) in [6.07, 6.45) is 61.7. The van der Waals surface area contributed by atoms with Gasteiger partial charge in [-0.25, -0.2) is 0 Å². The van der Waals surface area contributed by atoms with Crippen LogP contribution in [0, 0.1) is 112 Å². The number of hydrogen-bond acceptors (Lipinski definition) is 0. The SMILES string of the molecule is C(=C(C1CCCCC1)C1CCCCC1)C1CCC(C2C3CCCCC3C(C3C4CCCCC4C(C4CCC5CCCCC5C4)C4CCCCC43)C3CCCCC32)CC1. The van der Waals surface area contributed by atoms with Crippen LogP contribution in [0.4, 0.5) is 0 Å². The molecule has 0 saturated heterocycles. The number of hydrogen-bond donors (Lipinski definition) is 0. The van der Waals surface area contributed by atoms with E-state index in [1.807, 2.05) is 5.57 Å². The van der Waals surface area contributed by atoms with E-state index in [2.05, 4.69) is 6.08 Å². The van der Waals surface area contributed by atoms with Gasteiger partial charge < -0.3 is 0 Å². The molecule has 0 nitrogen and oxygen atoms in total. The minimum Gasteiger partial charge on any atom is -0.0817 e. The quantitative estimate of drug-likeness (QED) is 0.235. The van der Waals surface area contributed by atoms with E-state index < -0.39 is 0 Å². The molecule has 11 saturated carbocycles. The minimum atomic E-state index is 0.922. The zero-order valence-electron chi connectivity index (χ0n) is 38.2. The summed E-state index contributed by atoms with van der Waals surface area (Å²) in [6, 6.07) is 0. The molecule has 0 aromatic rings. The molecule has 0 bridgehead atoms. The van der Waals surface area contributed by atoms with Gasteiger partial charge in [0.15, 0.2) is 0 Å². The summed E-state index contributed by atoms with van der Waals surface area (Å²) in [4.78, 5) is 0. The predicted molar refractivity (Wildman–Crippen MR) is 245 cm³/mol. The molecule has 0 aromatic heterocycles. The fraction of sp³-hybridized carbons (Fsp3) is 0.966. The van der Waals surface area contributed by atoms with Gasteiger partial charge in [0.25, 0.3) is 0 Å². The summed E-state index contributed by atoms with van der Waals surface area (Å²) in [5.74, 6) is 20.7. The Balaban J connectivity index is 0.857. The topological polar surface area (TPSA) is 0 Å². The van der Waals surface area contributed by atoms with Crippen LogP contribution in [-0.4, -0.2) is 0 Å². The Hall–Kier alpha value is -0.260. The van der Waals surface area contributed by atoms with Crippen LogP contribution in [-0.2, 0) is 0 Å². The average molecular weight is 791 g/mol. The monoisotopic (exact) mass is 791 g/mol. The first-order chi connectivity index (χ1) is 28.8. The summed E-state index contributed by atoms with van der Waals surface area (Å²) in [7, 11) is 0. The molecule has 11 unspecified atom stereocenters. The lowest BCUT2D eigenvalue weighted by Crippen LogP contribution is -2.60. The van der Waals surface area contributed by atoms with Crippen molar-refractivity contribution in [2.45, 2.75) is 238 Å². The second kappa shape index (κ2) is 18.5. The predicted octanol–water partition coefficient (Wildman–Crippen LogP) is 17.2. The van der Waals surface area contributed by atoms with Gasteiger partial charge in [-0.15, -0.1) is 0 Å². The zero-order valence-corrected chi connectivity index (χ0v) is 38.2. The third-order valence-electron chi connectivity index (χ3n) is 23.0. The highest BCUT2D eigenvalue weighted by Crippen LogP contribution is 2.68. The van der Waals surface area contributed by atoms with E-state index >= 15 is 0 Å². The summed E-state index contributed by atoms with van der Waals surface area (Å²) >= 11 is 0. The Bertz CT molecular complexity index is 1270. The van der Waals surface area contributed by atoms with Crippen molar-refractivity contribution >= 4 is 0 Å². The number of allylic oxidation sites excluding steroid dienone is 2. The summed E-state index contributed by atoms with van der Waals surface area (Å²) in [5.41, 5.74) is 2.03. The molecule has 11 atom stereocenters. The third-order valence-corrected chi connectivity index (χ3v) is 23.0. The molecule has 11 aliphatic rings. The van der Waals surface area contributed by atoms with Gasteiger partial charge in [-0.2, -0.15) is 0 Å². The molecule has 0 radical (unpaired) electrons. The second-order valence-corrected chi connectivity index (χ2v) is 25.1. The molecule has 0 amide bonds. The van der Waals surface area contributed by atoms with E-state index in [1.54, 1.807) is 173 Å². The third kappa shape index (κ3) is 7.86. The van der Waals surface area contributed by atoms with Crippen molar-refractivity contribution in [3.05, 3.63) is 11.6 Å². The molecule has 0 heteroatoms. The van der Waals surface area contributed by atoms with Gasteiger partial charge >= 0.3 is 0 Å². The lowest BCUT2D eigenvalue weighted by atomic mass is 9.39. The molecule has 0 heterocycles. The Morgan fingerprint density at radius 1 is 0.241 bits per heavy atom. The van der Waals surface area contributed by atoms with E-state index in [4.69, 9.17) is 0 Å². The van der Waals surface area contributed by atoms with Crippen molar-refractivity contribution in [1.82, 2.24) is 0 Å². The van der Waals surface area contributed by atoms with Crippen LogP contribution in [0.5, 0.6) is 0 Å². The molecule has 0 aromatic carbocycles. The number of rotatable bonds is 6. The van der Waals surface area contributed by atoms with E-state index in [1.165, 1.54) is 64.2 Å². The second-order valence-electron chi connectivity index (χ2n) is 25.1. The first-order valence-electron chi connectivity index (χ1n) is 28.5. The first-order valence-corrected chi connectivity index (χ1v) is 28.5. The Morgan fingerprint density at radius 3 is 1.02 bits per heavy atom. The van der Waals surface area contributed by atoms with Gasteiger partial charge in [0.1, 0.15) is 0 Å². The number of fused-ring (bicyclic) bond motifs is 5. The normalized spacial score (nSPS) is 49.3. The molecule has 326 valence electrons. The van der Waals surface area contributed by atoms with Crippen molar-refractivity contribution in [3.63, 3.8) is 0 Å².